The Kier molecular flexibility index (Phi) is 6.77. The van der Waals surface area contributed by atoms with Gasteiger partial charge in [0.15, 0.2) is 11.6 Å². The number of ether oxygens (including phenoxy) is 1. The van der Waals surface area contributed by atoms with Crippen molar-refractivity contribution in [2.75, 3.05) is 36.0 Å². The summed E-state index contributed by atoms with van der Waals surface area (Å²) in [4.78, 5) is 28.4. The summed E-state index contributed by atoms with van der Waals surface area (Å²) in [5, 5.41) is 10.8. The number of halogens is 2. The zero-order chi connectivity index (χ0) is 24.4. The van der Waals surface area contributed by atoms with E-state index in [0.717, 1.165) is 17.7 Å². The number of anilines is 2. The van der Waals surface area contributed by atoms with Crippen LogP contribution in [0.3, 0.4) is 0 Å². The van der Waals surface area contributed by atoms with Crippen LogP contribution in [0.15, 0.2) is 36.4 Å². The summed E-state index contributed by atoms with van der Waals surface area (Å²) in [6, 6.07) is 10.1. The molecule has 178 valence electrons. The third-order valence-corrected chi connectivity index (χ3v) is 6.06. The van der Waals surface area contributed by atoms with E-state index in [-0.39, 0.29) is 30.2 Å². The molecule has 4 rings (SSSR count). The molecule has 2 heterocycles. The van der Waals surface area contributed by atoms with Gasteiger partial charge in [-0.25, -0.2) is 18.6 Å². The summed E-state index contributed by atoms with van der Waals surface area (Å²) in [6.45, 7) is 5.39. The first-order valence-corrected chi connectivity index (χ1v) is 11.0. The smallest absolute Gasteiger partial charge is 0.407 e. The van der Waals surface area contributed by atoms with Crippen LogP contribution in [-0.4, -0.2) is 49.2 Å². The maximum Gasteiger partial charge on any atom is 0.419 e. The molecular formula is C24H25F2N5O3. The zero-order valence-electron chi connectivity index (χ0n) is 18.9. The van der Waals surface area contributed by atoms with Crippen LogP contribution in [0.1, 0.15) is 31.7 Å². The molecule has 0 bridgehead atoms. The first-order valence-electron chi connectivity index (χ1n) is 11.0. The van der Waals surface area contributed by atoms with Crippen LogP contribution in [-0.2, 0) is 4.79 Å². The topological polar surface area (TPSA) is 88.9 Å². The van der Waals surface area contributed by atoms with Crippen molar-refractivity contribution in [2.24, 2.45) is 0 Å². The number of nitrogens with zero attached hydrogens (tertiary/aromatic N) is 4. The van der Waals surface area contributed by atoms with E-state index in [1.54, 1.807) is 11.0 Å². The molecular weight excluding hydrogens is 444 g/mol. The first kappa shape index (κ1) is 23.6. The first-order chi connectivity index (χ1) is 16.3. The molecule has 2 atom stereocenters. The molecule has 34 heavy (non-hydrogen) atoms. The predicted molar refractivity (Wildman–Crippen MR) is 121 cm³/mol. The normalized spacial score (nSPS) is 20.1. The van der Waals surface area contributed by atoms with Gasteiger partial charge in [-0.1, -0.05) is 6.07 Å². The zero-order valence-corrected chi connectivity index (χ0v) is 18.9. The monoisotopic (exact) mass is 469 g/mol. The van der Waals surface area contributed by atoms with Crippen LogP contribution in [0, 0.1) is 23.0 Å². The third kappa shape index (κ3) is 4.71. The fraction of sp³-hybridized carbons (Fsp3) is 0.375. The summed E-state index contributed by atoms with van der Waals surface area (Å²) < 4.78 is 32.6. The Hall–Kier alpha value is -3.55. The Morgan fingerprint density at radius 3 is 2.68 bits per heavy atom. The minimum atomic E-state index is -0.979. The molecule has 1 N–H and O–H groups in total. The quantitative estimate of drug-likeness (QED) is 0.737. The Balaban J connectivity index is 1.64. The van der Waals surface area contributed by atoms with Crippen molar-refractivity contribution in [2.45, 2.75) is 32.2 Å². The van der Waals surface area contributed by atoms with Crippen LogP contribution >= 0.6 is 0 Å². The van der Waals surface area contributed by atoms with Crippen molar-refractivity contribution in [1.82, 2.24) is 10.4 Å². The maximum absolute atomic E-state index is 14.1. The van der Waals surface area contributed by atoms with Crippen molar-refractivity contribution >= 4 is 23.4 Å². The molecule has 10 heteroatoms. The Morgan fingerprint density at radius 1 is 1.18 bits per heavy atom. The number of nitrogens with one attached hydrogen (secondary N) is 1. The van der Waals surface area contributed by atoms with Crippen molar-refractivity contribution in [1.29, 1.82) is 5.26 Å². The van der Waals surface area contributed by atoms with Crippen LogP contribution < -0.4 is 20.0 Å². The number of hydrogen-bond donors (Lipinski definition) is 1. The number of hydrogen-bond acceptors (Lipinski definition) is 6. The summed E-state index contributed by atoms with van der Waals surface area (Å²) in [6.07, 6.45) is -0.409. The number of carbonyl (C=O) groups excluding carboxylic acids is 2. The molecule has 0 aliphatic carbocycles. The lowest BCUT2D eigenvalue weighted by Gasteiger charge is -2.40. The van der Waals surface area contributed by atoms with Gasteiger partial charge in [-0.05, 0) is 36.8 Å². The van der Waals surface area contributed by atoms with Crippen LogP contribution in [0.25, 0.3) is 0 Å². The lowest BCUT2D eigenvalue weighted by Crippen LogP contribution is -2.52. The van der Waals surface area contributed by atoms with Crippen molar-refractivity contribution in [3.05, 3.63) is 53.6 Å². The van der Waals surface area contributed by atoms with Crippen LogP contribution in [0.4, 0.5) is 25.0 Å². The fourth-order valence-electron chi connectivity index (χ4n) is 4.47. The van der Waals surface area contributed by atoms with Gasteiger partial charge in [0.25, 0.3) is 0 Å². The molecule has 2 aliphatic heterocycles. The molecule has 0 saturated carbocycles. The Bertz CT molecular complexity index is 1150. The van der Waals surface area contributed by atoms with E-state index in [1.807, 2.05) is 24.1 Å². The molecule has 1 saturated heterocycles. The molecule has 0 aromatic heterocycles. The van der Waals surface area contributed by atoms with E-state index in [9.17, 15) is 18.4 Å². The number of nitriles is 1. The summed E-state index contributed by atoms with van der Waals surface area (Å²) in [5.41, 5.74) is 5.26. The highest BCUT2D eigenvalue weighted by Crippen LogP contribution is 2.39. The second-order valence-corrected chi connectivity index (χ2v) is 8.45. The molecule has 2 aromatic rings. The SMILES string of the molecule is CC(=O)N1c2ccc(C3CNN(CCC#N)C3)cc2N(C(=O)Oc2ccc(F)cc2F)C[C@@H]1C. The third-order valence-electron chi connectivity index (χ3n) is 6.06. The predicted octanol–water partition coefficient (Wildman–Crippen LogP) is 3.54. The highest BCUT2D eigenvalue weighted by atomic mass is 19.1. The minimum Gasteiger partial charge on any atom is -0.407 e. The molecule has 1 fully saturated rings. The molecule has 2 aromatic carbocycles. The number of amides is 2. The maximum atomic E-state index is 14.1. The fourth-order valence-corrected chi connectivity index (χ4v) is 4.47. The molecule has 0 radical (unpaired) electrons. The average Bonchev–Trinajstić information content (AvgIpc) is 3.27. The molecule has 2 amide bonds. The van der Waals surface area contributed by atoms with Gasteiger partial charge >= 0.3 is 6.09 Å². The van der Waals surface area contributed by atoms with Crippen LogP contribution in [0.2, 0.25) is 0 Å². The molecule has 2 aliphatic rings. The van der Waals surface area contributed by atoms with E-state index >= 15 is 0 Å². The largest absolute Gasteiger partial charge is 0.419 e. The van der Waals surface area contributed by atoms with E-state index in [1.165, 1.54) is 11.8 Å². The van der Waals surface area contributed by atoms with Gasteiger partial charge < -0.3 is 9.64 Å². The van der Waals surface area contributed by atoms with E-state index in [0.29, 0.717) is 43.5 Å². The van der Waals surface area contributed by atoms with E-state index in [4.69, 9.17) is 10.00 Å². The second-order valence-electron chi connectivity index (χ2n) is 8.45. The van der Waals surface area contributed by atoms with Gasteiger partial charge in [0.1, 0.15) is 5.82 Å². The van der Waals surface area contributed by atoms with Gasteiger partial charge in [-0.3, -0.25) is 15.1 Å². The number of benzene rings is 2. The van der Waals surface area contributed by atoms with Gasteiger partial charge in [-0.2, -0.15) is 5.26 Å². The lowest BCUT2D eigenvalue weighted by molar-refractivity contribution is -0.117. The Morgan fingerprint density at radius 2 is 1.97 bits per heavy atom. The highest BCUT2D eigenvalue weighted by Gasteiger charge is 2.36. The number of carbonyl (C=O) groups is 2. The van der Waals surface area contributed by atoms with Gasteiger partial charge in [0.05, 0.1) is 23.5 Å². The van der Waals surface area contributed by atoms with Crippen molar-refractivity contribution < 1.29 is 23.1 Å². The molecule has 0 spiro atoms. The number of rotatable bonds is 4. The standard InChI is InChI=1S/C24H25F2N5O3/c1-15-13-30(24(33)34-23-7-5-19(25)11-20(23)26)22-10-17(4-6-21(22)31(15)16(2)32)18-12-28-29(14-18)9-3-8-27/h4-7,10-11,15,18,28H,3,9,12-14H2,1-2H3/t15-,18?/m0/s1. The summed E-state index contributed by atoms with van der Waals surface area (Å²) in [5.74, 6) is -2.18. The van der Waals surface area contributed by atoms with Crippen molar-refractivity contribution in [3.63, 3.8) is 0 Å². The minimum absolute atomic E-state index is 0.113. The van der Waals surface area contributed by atoms with E-state index < -0.39 is 17.7 Å². The van der Waals surface area contributed by atoms with E-state index in [2.05, 4.69) is 11.5 Å². The summed E-state index contributed by atoms with van der Waals surface area (Å²) in [7, 11) is 0. The second kappa shape index (κ2) is 9.75. The number of hydrazine groups is 1. The van der Waals surface area contributed by atoms with Gasteiger partial charge in [0.2, 0.25) is 5.91 Å². The highest BCUT2D eigenvalue weighted by molar-refractivity contribution is 6.02. The van der Waals surface area contributed by atoms with Crippen molar-refractivity contribution in [3.8, 4) is 11.8 Å². The Labute approximate surface area is 196 Å². The van der Waals surface area contributed by atoms with Crippen LogP contribution in [0.5, 0.6) is 5.75 Å². The van der Waals surface area contributed by atoms with Gasteiger partial charge in [0, 0.05) is 51.5 Å². The molecule has 8 nitrogen and oxygen atoms in total. The summed E-state index contributed by atoms with van der Waals surface area (Å²) >= 11 is 0. The number of fused-ring (bicyclic) bond motifs is 1. The molecule has 1 unspecified atom stereocenters. The van der Waals surface area contributed by atoms with Gasteiger partial charge in [-0.15, -0.1) is 0 Å². The lowest BCUT2D eigenvalue weighted by atomic mass is 9.97. The average molecular weight is 469 g/mol.